The second-order valence-corrected chi connectivity index (χ2v) is 7.57. The summed E-state index contributed by atoms with van der Waals surface area (Å²) in [5, 5.41) is 5.21. The fourth-order valence-electron chi connectivity index (χ4n) is 2.78. The molecule has 0 bridgehead atoms. The number of aryl methyl sites for hydroxylation is 1. The fraction of sp³-hybridized carbons (Fsp3) is 0.300. The zero-order valence-corrected chi connectivity index (χ0v) is 17.8. The molecule has 0 atom stereocenters. The van der Waals surface area contributed by atoms with Crippen molar-refractivity contribution in [1.82, 2.24) is 15.6 Å². The van der Waals surface area contributed by atoms with Crippen LogP contribution < -0.4 is 10.6 Å². The van der Waals surface area contributed by atoms with Crippen molar-refractivity contribution in [3.63, 3.8) is 0 Å². The van der Waals surface area contributed by atoms with Crippen LogP contribution in [-0.2, 0) is 20.4 Å². The van der Waals surface area contributed by atoms with Gasteiger partial charge < -0.3 is 20.1 Å². The Morgan fingerprint density at radius 1 is 1.16 bits per heavy atom. The van der Waals surface area contributed by atoms with Crippen LogP contribution in [0.5, 0.6) is 0 Å². The van der Waals surface area contributed by atoms with Gasteiger partial charge in [0.05, 0.1) is 35.7 Å². The molecule has 2 aromatic rings. The first kappa shape index (κ1) is 23.3. The van der Waals surface area contributed by atoms with E-state index < -0.39 is 29.7 Å². The molecule has 0 unspecified atom stereocenters. The standard InChI is InChI=1S/C20H18F3N3O5S/c1-3-30-17(27)13-8-24-19(29)26-14(13)9-31-18(28)15-10(2)25-16(32-15)11-4-6-12(7-5-11)20(21,22)23/h4-7H,3,8-9H2,1-2H3,(H2,24,26,29). The highest BCUT2D eigenvalue weighted by molar-refractivity contribution is 7.17. The number of benzene rings is 1. The van der Waals surface area contributed by atoms with E-state index >= 15 is 0 Å². The van der Waals surface area contributed by atoms with Gasteiger partial charge in [0.15, 0.2) is 0 Å². The Morgan fingerprint density at radius 3 is 2.47 bits per heavy atom. The van der Waals surface area contributed by atoms with Crippen molar-refractivity contribution in [2.75, 3.05) is 19.8 Å². The number of aromatic nitrogens is 1. The molecule has 1 aliphatic rings. The summed E-state index contributed by atoms with van der Waals surface area (Å²) in [4.78, 5) is 40.6. The van der Waals surface area contributed by atoms with Crippen LogP contribution in [0.2, 0.25) is 0 Å². The average molecular weight is 469 g/mol. The Labute approximate surface area is 184 Å². The number of urea groups is 1. The molecule has 8 nitrogen and oxygen atoms in total. The maximum atomic E-state index is 12.7. The van der Waals surface area contributed by atoms with Gasteiger partial charge in [0, 0.05) is 5.56 Å². The van der Waals surface area contributed by atoms with Gasteiger partial charge in [0.1, 0.15) is 16.5 Å². The molecule has 1 aromatic heterocycles. The van der Waals surface area contributed by atoms with Crippen LogP contribution >= 0.6 is 11.3 Å². The molecule has 0 aliphatic carbocycles. The molecule has 2 amide bonds. The maximum Gasteiger partial charge on any atom is 0.416 e. The lowest BCUT2D eigenvalue weighted by Crippen LogP contribution is -2.45. The number of nitrogens with one attached hydrogen (secondary N) is 2. The van der Waals surface area contributed by atoms with E-state index in [0.717, 1.165) is 23.5 Å². The molecule has 0 fully saturated rings. The largest absolute Gasteiger partial charge is 0.463 e. The van der Waals surface area contributed by atoms with Crippen LogP contribution in [0.15, 0.2) is 35.5 Å². The van der Waals surface area contributed by atoms with Gasteiger partial charge >= 0.3 is 24.1 Å². The van der Waals surface area contributed by atoms with E-state index in [1.54, 1.807) is 13.8 Å². The predicted molar refractivity (Wildman–Crippen MR) is 108 cm³/mol. The first-order valence-corrected chi connectivity index (χ1v) is 10.2. The summed E-state index contributed by atoms with van der Waals surface area (Å²) < 4.78 is 48.4. The summed E-state index contributed by atoms with van der Waals surface area (Å²) in [6, 6.07) is 3.87. The molecule has 2 heterocycles. The number of hydrogen-bond donors (Lipinski definition) is 2. The Morgan fingerprint density at radius 2 is 1.84 bits per heavy atom. The monoisotopic (exact) mass is 469 g/mol. The first-order valence-electron chi connectivity index (χ1n) is 9.36. The second kappa shape index (κ2) is 9.39. The SMILES string of the molecule is CCOC(=O)C1=C(COC(=O)c2sc(-c3ccc(C(F)(F)F)cc3)nc2C)NC(=O)NC1. The van der Waals surface area contributed by atoms with E-state index in [1.165, 1.54) is 12.1 Å². The number of carbonyl (C=O) groups is 3. The molecule has 0 spiro atoms. The van der Waals surface area contributed by atoms with Gasteiger partial charge in [-0.2, -0.15) is 13.2 Å². The summed E-state index contributed by atoms with van der Waals surface area (Å²) in [7, 11) is 0. The summed E-state index contributed by atoms with van der Waals surface area (Å²) in [6.45, 7) is 2.88. The summed E-state index contributed by atoms with van der Waals surface area (Å²) in [5.41, 5.74) is 0.201. The van der Waals surface area contributed by atoms with Gasteiger partial charge in [-0.25, -0.2) is 19.4 Å². The van der Waals surface area contributed by atoms with Crippen molar-refractivity contribution in [2.45, 2.75) is 20.0 Å². The van der Waals surface area contributed by atoms with E-state index in [1.807, 2.05) is 0 Å². The van der Waals surface area contributed by atoms with Crippen LogP contribution in [0.4, 0.5) is 18.0 Å². The number of thiazole rings is 1. The number of nitrogens with zero attached hydrogens (tertiary/aromatic N) is 1. The highest BCUT2D eigenvalue weighted by Crippen LogP contribution is 2.33. The quantitative estimate of drug-likeness (QED) is 0.628. The van der Waals surface area contributed by atoms with Crippen molar-refractivity contribution in [3.05, 3.63) is 51.7 Å². The number of alkyl halides is 3. The molecule has 12 heteroatoms. The molecular weight excluding hydrogens is 451 g/mol. The van der Waals surface area contributed by atoms with Crippen LogP contribution in [0.1, 0.15) is 27.9 Å². The molecule has 170 valence electrons. The van der Waals surface area contributed by atoms with Gasteiger partial charge in [-0.1, -0.05) is 12.1 Å². The third kappa shape index (κ3) is 5.25. The molecule has 32 heavy (non-hydrogen) atoms. The third-order valence-corrected chi connectivity index (χ3v) is 5.55. The highest BCUT2D eigenvalue weighted by atomic mass is 32.1. The lowest BCUT2D eigenvalue weighted by atomic mass is 10.1. The van der Waals surface area contributed by atoms with Gasteiger partial charge in [-0.15, -0.1) is 11.3 Å². The number of halogens is 3. The average Bonchev–Trinajstić information content (AvgIpc) is 3.13. The predicted octanol–water partition coefficient (Wildman–Crippen LogP) is 3.42. The molecule has 1 aliphatic heterocycles. The Hall–Kier alpha value is -3.41. The lowest BCUT2D eigenvalue weighted by molar-refractivity contribution is -0.139. The highest BCUT2D eigenvalue weighted by Gasteiger charge is 2.30. The zero-order chi connectivity index (χ0) is 23.5. The Balaban J connectivity index is 1.75. The maximum absolute atomic E-state index is 12.7. The Bertz CT molecular complexity index is 1080. The number of carbonyl (C=O) groups excluding carboxylic acids is 3. The van der Waals surface area contributed by atoms with Crippen molar-refractivity contribution in [1.29, 1.82) is 0 Å². The van der Waals surface area contributed by atoms with Crippen LogP contribution in [0.25, 0.3) is 10.6 Å². The minimum atomic E-state index is -4.45. The van der Waals surface area contributed by atoms with Crippen LogP contribution in [0, 0.1) is 6.92 Å². The zero-order valence-electron chi connectivity index (χ0n) is 17.0. The van der Waals surface area contributed by atoms with E-state index in [-0.39, 0.29) is 35.9 Å². The molecular formula is C20H18F3N3O5S. The number of ether oxygens (including phenoxy) is 2. The second-order valence-electron chi connectivity index (χ2n) is 6.57. The third-order valence-electron chi connectivity index (χ3n) is 4.37. The van der Waals surface area contributed by atoms with Crippen molar-refractivity contribution < 1.29 is 37.0 Å². The van der Waals surface area contributed by atoms with E-state index in [4.69, 9.17) is 9.47 Å². The van der Waals surface area contributed by atoms with Gasteiger partial charge in [0.25, 0.3) is 0 Å². The minimum absolute atomic E-state index is 0.0742. The molecule has 0 saturated heterocycles. The first-order chi connectivity index (χ1) is 15.1. The van der Waals surface area contributed by atoms with Crippen molar-refractivity contribution in [3.8, 4) is 10.6 Å². The van der Waals surface area contributed by atoms with E-state index in [9.17, 15) is 27.6 Å². The number of esters is 2. The van der Waals surface area contributed by atoms with E-state index in [0.29, 0.717) is 16.3 Å². The van der Waals surface area contributed by atoms with Gasteiger partial charge in [0.2, 0.25) is 0 Å². The molecule has 1 aromatic carbocycles. The van der Waals surface area contributed by atoms with Gasteiger partial charge in [-0.3, -0.25) is 0 Å². The number of amides is 2. The summed E-state index contributed by atoms with van der Waals surface area (Å²) in [6.07, 6.45) is -4.45. The van der Waals surface area contributed by atoms with E-state index in [2.05, 4.69) is 15.6 Å². The molecule has 2 N–H and O–H groups in total. The smallest absolute Gasteiger partial charge is 0.416 e. The number of rotatable bonds is 6. The topological polar surface area (TPSA) is 107 Å². The normalized spacial score (nSPS) is 14.0. The van der Waals surface area contributed by atoms with Gasteiger partial charge in [-0.05, 0) is 26.0 Å². The lowest BCUT2D eigenvalue weighted by Gasteiger charge is -2.21. The molecule has 0 radical (unpaired) electrons. The Kier molecular flexibility index (Phi) is 6.82. The minimum Gasteiger partial charge on any atom is -0.463 e. The summed E-state index contributed by atoms with van der Waals surface area (Å²) >= 11 is 0.962. The molecule has 0 saturated carbocycles. The van der Waals surface area contributed by atoms with Crippen LogP contribution in [-0.4, -0.2) is 42.7 Å². The summed E-state index contributed by atoms with van der Waals surface area (Å²) in [5.74, 6) is -1.40. The molecule has 3 rings (SSSR count). The van der Waals surface area contributed by atoms with Crippen LogP contribution in [0.3, 0.4) is 0 Å². The fourth-order valence-corrected chi connectivity index (χ4v) is 3.75. The van der Waals surface area contributed by atoms with Crippen molar-refractivity contribution in [2.24, 2.45) is 0 Å². The van der Waals surface area contributed by atoms with Crippen molar-refractivity contribution >= 4 is 29.3 Å². The number of hydrogen-bond acceptors (Lipinski definition) is 7.